The molecule has 0 saturated carbocycles. The molecule has 12 heteroatoms. The van der Waals surface area contributed by atoms with Crippen LogP contribution in [0.5, 0.6) is 5.75 Å². The van der Waals surface area contributed by atoms with Gasteiger partial charge in [-0.25, -0.2) is 14.3 Å². The summed E-state index contributed by atoms with van der Waals surface area (Å²) in [5, 5.41) is 12.3. The Morgan fingerprint density at radius 2 is 1.77 bits per heavy atom. The molecule has 2 aliphatic rings. The molecule has 4 aromatic rings. The van der Waals surface area contributed by atoms with Crippen LogP contribution in [0.3, 0.4) is 0 Å². The Bertz CT molecular complexity index is 1650. The summed E-state index contributed by atoms with van der Waals surface area (Å²) in [5.41, 5.74) is 2.00. The minimum atomic E-state index is -0.517. The summed E-state index contributed by atoms with van der Waals surface area (Å²) in [5.74, 6) is 1.32. The molecule has 2 aliphatic heterocycles. The number of nitrogens with one attached hydrogen (secondary N) is 1. The van der Waals surface area contributed by atoms with Gasteiger partial charge in [-0.05, 0) is 38.3 Å². The van der Waals surface area contributed by atoms with Crippen molar-refractivity contribution in [2.24, 2.45) is 0 Å². The fourth-order valence-corrected chi connectivity index (χ4v) is 5.92. The molecule has 1 saturated heterocycles. The Labute approximate surface area is 255 Å². The third kappa shape index (κ3) is 5.92. The van der Waals surface area contributed by atoms with Crippen molar-refractivity contribution in [1.82, 2.24) is 39.7 Å². The summed E-state index contributed by atoms with van der Waals surface area (Å²) in [6.07, 6.45) is 5.34. The van der Waals surface area contributed by atoms with Crippen LogP contribution in [0.25, 0.3) is 17.1 Å². The molecule has 3 amide bonds. The number of benzene rings is 2. The summed E-state index contributed by atoms with van der Waals surface area (Å²) >= 11 is 0. The van der Waals surface area contributed by atoms with Crippen molar-refractivity contribution < 1.29 is 19.1 Å². The van der Waals surface area contributed by atoms with Crippen LogP contribution in [0.4, 0.5) is 0 Å². The second-order valence-electron chi connectivity index (χ2n) is 11.1. The zero-order valence-corrected chi connectivity index (χ0v) is 24.9. The summed E-state index contributed by atoms with van der Waals surface area (Å²) in [6, 6.07) is 16.1. The first kappa shape index (κ1) is 29.1. The number of carbonyl (C=O) groups excluding carboxylic acids is 3. The fraction of sp³-hybridized carbons (Fsp3) is 0.375. The molecule has 1 N–H and O–H groups in total. The lowest BCUT2D eigenvalue weighted by Crippen LogP contribution is -2.47. The van der Waals surface area contributed by atoms with Crippen molar-refractivity contribution in [3.8, 4) is 22.8 Å². The molecule has 0 aliphatic carbocycles. The number of methoxy groups -OCH3 is 1. The fourth-order valence-electron chi connectivity index (χ4n) is 5.92. The summed E-state index contributed by atoms with van der Waals surface area (Å²) in [6.45, 7) is 3.45. The van der Waals surface area contributed by atoms with Crippen molar-refractivity contribution >= 4 is 17.7 Å². The molecular formula is C32H36N8O4. The first-order chi connectivity index (χ1) is 21.4. The van der Waals surface area contributed by atoms with E-state index in [0.717, 1.165) is 17.7 Å². The molecule has 4 heterocycles. The molecule has 2 aromatic carbocycles. The topological polar surface area (TPSA) is 127 Å². The molecule has 0 bridgehead atoms. The number of para-hydroxylation sites is 2. The summed E-state index contributed by atoms with van der Waals surface area (Å²) in [7, 11) is 1.59. The third-order valence-corrected chi connectivity index (χ3v) is 8.20. The number of carbonyl (C=O) groups is 3. The van der Waals surface area contributed by atoms with Crippen LogP contribution in [0.15, 0.2) is 67.0 Å². The van der Waals surface area contributed by atoms with Gasteiger partial charge in [-0.3, -0.25) is 14.4 Å². The number of aromatic nitrogens is 5. The van der Waals surface area contributed by atoms with Crippen molar-refractivity contribution in [2.75, 3.05) is 26.7 Å². The Morgan fingerprint density at radius 3 is 2.59 bits per heavy atom. The molecule has 44 heavy (non-hydrogen) atoms. The van der Waals surface area contributed by atoms with E-state index in [-0.39, 0.29) is 24.1 Å². The number of rotatable bonds is 4. The van der Waals surface area contributed by atoms with Crippen molar-refractivity contribution in [2.45, 2.75) is 51.2 Å². The monoisotopic (exact) mass is 596 g/mol. The van der Waals surface area contributed by atoms with Gasteiger partial charge in [0.05, 0.1) is 31.5 Å². The highest BCUT2D eigenvalue weighted by Crippen LogP contribution is 2.24. The van der Waals surface area contributed by atoms with Gasteiger partial charge in [-0.1, -0.05) is 42.5 Å². The van der Waals surface area contributed by atoms with Gasteiger partial charge in [-0.15, -0.1) is 0 Å². The summed E-state index contributed by atoms with van der Waals surface area (Å²) < 4.78 is 8.87. The first-order valence-electron chi connectivity index (χ1n) is 15.0. The van der Waals surface area contributed by atoms with E-state index in [2.05, 4.69) is 10.4 Å². The van der Waals surface area contributed by atoms with Gasteiger partial charge in [0, 0.05) is 37.8 Å². The molecule has 0 unspecified atom stereocenters. The van der Waals surface area contributed by atoms with Gasteiger partial charge >= 0.3 is 0 Å². The largest absolute Gasteiger partial charge is 0.494 e. The average molecular weight is 597 g/mol. The van der Waals surface area contributed by atoms with E-state index in [0.29, 0.717) is 62.0 Å². The van der Waals surface area contributed by atoms with Crippen LogP contribution in [0, 0.1) is 0 Å². The minimum absolute atomic E-state index is 0.0710. The van der Waals surface area contributed by atoms with Crippen molar-refractivity contribution in [3.63, 3.8) is 0 Å². The molecule has 2 atom stereocenters. The van der Waals surface area contributed by atoms with Crippen LogP contribution in [0.2, 0.25) is 0 Å². The van der Waals surface area contributed by atoms with E-state index in [1.807, 2.05) is 61.5 Å². The molecule has 1 fully saturated rings. The van der Waals surface area contributed by atoms with Gasteiger partial charge < -0.3 is 19.9 Å². The highest BCUT2D eigenvalue weighted by Gasteiger charge is 2.35. The van der Waals surface area contributed by atoms with E-state index in [1.165, 1.54) is 0 Å². The predicted molar refractivity (Wildman–Crippen MR) is 162 cm³/mol. The van der Waals surface area contributed by atoms with Crippen molar-refractivity contribution in [3.05, 3.63) is 78.4 Å². The van der Waals surface area contributed by atoms with Crippen LogP contribution in [0.1, 0.15) is 54.8 Å². The number of ether oxygens (including phenoxy) is 1. The van der Waals surface area contributed by atoms with E-state index in [4.69, 9.17) is 14.8 Å². The average Bonchev–Trinajstić information content (AvgIpc) is 3.82. The highest BCUT2D eigenvalue weighted by atomic mass is 16.5. The van der Waals surface area contributed by atoms with Gasteiger partial charge in [-0.2, -0.15) is 10.2 Å². The molecule has 0 radical (unpaired) electrons. The standard InChI is InChI=1S/C32H36N8O4/c1-22-30-35-29(23-10-4-3-5-11-23)36-39(30)19-18-37(16-9-15-28(41)38-17-8-13-26(38)31(42)34-22)32(43)24-20-33-40(21-24)25-12-6-7-14-27(25)44-2/h3-7,10-12,14,20-22,26H,8-9,13,15-19H2,1-2H3,(H,34,42)/t22-,26-/m0/s1. The van der Waals surface area contributed by atoms with Crippen LogP contribution in [-0.4, -0.2) is 84.9 Å². The SMILES string of the molecule is COc1ccccc1-n1cc(C(=O)N2CCCC(=O)N3CCC[C@H]3C(=O)N[C@@H](C)c3nc(-c4ccccc4)nn3CC2)cn1. The highest BCUT2D eigenvalue weighted by molar-refractivity contribution is 5.94. The zero-order valence-electron chi connectivity index (χ0n) is 24.9. The maximum Gasteiger partial charge on any atom is 0.257 e. The van der Waals surface area contributed by atoms with Gasteiger partial charge in [0.15, 0.2) is 5.82 Å². The van der Waals surface area contributed by atoms with Gasteiger partial charge in [0.1, 0.15) is 23.3 Å². The summed E-state index contributed by atoms with van der Waals surface area (Å²) in [4.78, 5) is 48.7. The predicted octanol–water partition coefficient (Wildman–Crippen LogP) is 3.24. The normalized spacial score (nSPS) is 19.6. The van der Waals surface area contributed by atoms with E-state index < -0.39 is 12.1 Å². The Morgan fingerprint density at radius 1 is 0.977 bits per heavy atom. The van der Waals surface area contributed by atoms with E-state index in [9.17, 15) is 14.4 Å². The molecule has 12 nitrogen and oxygen atoms in total. The van der Waals surface area contributed by atoms with Crippen LogP contribution < -0.4 is 10.1 Å². The molecule has 0 spiro atoms. The zero-order chi connectivity index (χ0) is 30.6. The second kappa shape index (κ2) is 12.7. The molecule has 2 aromatic heterocycles. The van der Waals surface area contributed by atoms with Crippen LogP contribution in [-0.2, 0) is 16.1 Å². The Kier molecular flexibility index (Phi) is 8.40. The number of nitrogens with zero attached hydrogens (tertiary/aromatic N) is 7. The Balaban J connectivity index is 1.31. The lowest BCUT2D eigenvalue weighted by Gasteiger charge is -2.27. The first-order valence-corrected chi connectivity index (χ1v) is 15.0. The maximum absolute atomic E-state index is 13.9. The quantitative estimate of drug-likeness (QED) is 0.383. The smallest absolute Gasteiger partial charge is 0.257 e. The molecule has 6 rings (SSSR count). The number of fused-ring (bicyclic) bond motifs is 2. The number of hydrogen-bond donors (Lipinski definition) is 1. The maximum atomic E-state index is 13.9. The molecule has 228 valence electrons. The minimum Gasteiger partial charge on any atom is -0.494 e. The Hall–Kier alpha value is -5.00. The lowest BCUT2D eigenvalue weighted by atomic mass is 10.1. The number of amides is 3. The number of hydrogen-bond acceptors (Lipinski definition) is 7. The molecular weight excluding hydrogens is 560 g/mol. The van der Waals surface area contributed by atoms with Gasteiger partial charge in [0.2, 0.25) is 11.8 Å². The lowest BCUT2D eigenvalue weighted by molar-refractivity contribution is -0.138. The third-order valence-electron chi connectivity index (χ3n) is 8.20. The van der Waals surface area contributed by atoms with E-state index >= 15 is 0 Å². The van der Waals surface area contributed by atoms with Crippen LogP contribution >= 0.6 is 0 Å². The van der Waals surface area contributed by atoms with E-state index in [1.54, 1.807) is 38.7 Å². The van der Waals surface area contributed by atoms with Crippen molar-refractivity contribution in [1.29, 1.82) is 0 Å². The van der Waals surface area contributed by atoms with Gasteiger partial charge in [0.25, 0.3) is 5.91 Å². The second-order valence-corrected chi connectivity index (χ2v) is 11.1.